The third-order valence-electron chi connectivity index (χ3n) is 2.13. The lowest BCUT2D eigenvalue weighted by Gasteiger charge is -2.10. The minimum atomic E-state index is 0.507. The quantitative estimate of drug-likeness (QED) is 0.853. The number of hydrogen-bond donors (Lipinski definition) is 1. The summed E-state index contributed by atoms with van der Waals surface area (Å²) in [5, 5.41) is 2.28. The lowest BCUT2D eigenvalue weighted by molar-refractivity contribution is -0.702. The number of ether oxygens (including phenoxy) is 1. The summed E-state index contributed by atoms with van der Waals surface area (Å²) in [4.78, 5) is 0. The Balaban J connectivity index is 2.41. The summed E-state index contributed by atoms with van der Waals surface area (Å²) in [5.74, 6) is 0. The summed E-state index contributed by atoms with van der Waals surface area (Å²) >= 11 is 3.53. The first kappa shape index (κ1) is 11.7. The molecule has 78 valence electrons. The molecule has 0 bridgehead atoms. The number of hydrogen-bond acceptors (Lipinski definition) is 1. The van der Waals surface area contributed by atoms with Gasteiger partial charge in [-0.3, -0.25) is 0 Å². The number of benzene rings is 1. The van der Waals surface area contributed by atoms with Crippen molar-refractivity contribution in [3.05, 3.63) is 34.3 Å². The molecule has 14 heavy (non-hydrogen) atoms. The molecule has 2 N–H and O–H groups in total. The molecule has 0 aliphatic carbocycles. The van der Waals surface area contributed by atoms with Crippen molar-refractivity contribution in [2.24, 2.45) is 0 Å². The Kier molecular flexibility index (Phi) is 5.15. The van der Waals surface area contributed by atoms with Crippen molar-refractivity contribution in [2.45, 2.75) is 19.5 Å². The molecule has 2 nitrogen and oxygen atoms in total. The van der Waals surface area contributed by atoms with Gasteiger partial charge in [-0.15, -0.1) is 0 Å². The van der Waals surface area contributed by atoms with Crippen LogP contribution in [-0.4, -0.2) is 19.8 Å². The van der Waals surface area contributed by atoms with Crippen molar-refractivity contribution < 1.29 is 10.1 Å². The summed E-state index contributed by atoms with van der Waals surface area (Å²) in [6.45, 7) is 3.96. The SMILES string of the molecule is COC[C@H](C)[NH2+]Cc1ccccc1Br. The highest BCUT2D eigenvalue weighted by Crippen LogP contribution is 2.14. The zero-order chi connectivity index (χ0) is 10.4. The van der Waals surface area contributed by atoms with Gasteiger partial charge >= 0.3 is 0 Å². The molecule has 0 fully saturated rings. The molecule has 0 saturated heterocycles. The van der Waals surface area contributed by atoms with Crippen LogP contribution in [0.2, 0.25) is 0 Å². The smallest absolute Gasteiger partial charge is 0.107 e. The van der Waals surface area contributed by atoms with E-state index in [4.69, 9.17) is 4.74 Å². The highest BCUT2D eigenvalue weighted by molar-refractivity contribution is 9.10. The van der Waals surface area contributed by atoms with E-state index in [2.05, 4.69) is 46.4 Å². The highest BCUT2D eigenvalue weighted by atomic mass is 79.9. The van der Waals surface area contributed by atoms with E-state index in [-0.39, 0.29) is 0 Å². The van der Waals surface area contributed by atoms with Gasteiger partial charge in [0.05, 0.1) is 6.61 Å². The van der Waals surface area contributed by atoms with Crippen LogP contribution >= 0.6 is 15.9 Å². The van der Waals surface area contributed by atoms with Crippen LogP contribution in [0, 0.1) is 0 Å². The fraction of sp³-hybridized carbons (Fsp3) is 0.455. The van der Waals surface area contributed by atoms with Crippen molar-refractivity contribution in [3.63, 3.8) is 0 Å². The predicted octanol–water partition coefficient (Wildman–Crippen LogP) is 1.55. The minimum absolute atomic E-state index is 0.507. The second-order valence-corrected chi connectivity index (χ2v) is 4.32. The van der Waals surface area contributed by atoms with E-state index in [0.717, 1.165) is 13.2 Å². The van der Waals surface area contributed by atoms with Crippen LogP contribution in [0.4, 0.5) is 0 Å². The monoisotopic (exact) mass is 258 g/mol. The molecule has 0 amide bonds. The van der Waals surface area contributed by atoms with Gasteiger partial charge in [0.25, 0.3) is 0 Å². The van der Waals surface area contributed by atoms with E-state index < -0.39 is 0 Å². The lowest BCUT2D eigenvalue weighted by Crippen LogP contribution is -2.88. The van der Waals surface area contributed by atoms with Crippen LogP contribution in [0.25, 0.3) is 0 Å². The van der Waals surface area contributed by atoms with Gasteiger partial charge in [-0.1, -0.05) is 34.1 Å². The molecule has 0 saturated carbocycles. The first-order valence-corrected chi connectivity index (χ1v) is 5.59. The molecular weight excluding hydrogens is 242 g/mol. The first-order chi connectivity index (χ1) is 6.74. The van der Waals surface area contributed by atoms with Crippen LogP contribution in [0.5, 0.6) is 0 Å². The third-order valence-corrected chi connectivity index (χ3v) is 2.90. The normalized spacial score (nSPS) is 12.8. The average molecular weight is 259 g/mol. The van der Waals surface area contributed by atoms with Gasteiger partial charge in [0, 0.05) is 17.1 Å². The van der Waals surface area contributed by atoms with E-state index in [1.54, 1.807) is 7.11 Å². The number of methoxy groups -OCH3 is 1. The van der Waals surface area contributed by atoms with Gasteiger partial charge in [-0.25, -0.2) is 0 Å². The van der Waals surface area contributed by atoms with Crippen LogP contribution in [0.15, 0.2) is 28.7 Å². The lowest BCUT2D eigenvalue weighted by atomic mass is 10.2. The van der Waals surface area contributed by atoms with E-state index in [0.29, 0.717) is 6.04 Å². The Hall–Kier alpha value is -0.380. The fourth-order valence-corrected chi connectivity index (χ4v) is 1.77. The van der Waals surface area contributed by atoms with E-state index in [9.17, 15) is 0 Å². The second-order valence-electron chi connectivity index (χ2n) is 3.46. The molecule has 0 heterocycles. The van der Waals surface area contributed by atoms with Crippen molar-refractivity contribution in [3.8, 4) is 0 Å². The Morgan fingerprint density at radius 3 is 2.79 bits per heavy atom. The predicted molar refractivity (Wildman–Crippen MR) is 61.1 cm³/mol. The maximum atomic E-state index is 5.08. The molecule has 1 aromatic carbocycles. The maximum Gasteiger partial charge on any atom is 0.107 e. The van der Waals surface area contributed by atoms with Gasteiger partial charge in [0.1, 0.15) is 12.6 Å². The van der Waals surface area contributed by atoms with Gasteiger partial charge in [0.2, 0.25) is 0 Å². The number of nitrogens with two attached hydrogens (primary N) is 1. The third kappa shape index (κ3) is 3.78. The number of halogens is 1. The average Bonchev–Trinajstić information content (AvgIpc) is 2.17. The van der Waals surface area contributed by atoms with Gasteiger partial charge < -0.3 is 10.1 Å². The van der Waals surface area contributed by atoms with E-state index >= 15 is 0 Å². The first-order valence-electron chi connectivity index (χ1n) is 4.79. The maximum absolute atomic E-state index is 5.08. The second kappa shape index (κ2) is 6.17. The summed E-state index contributed by atoms with van der Waals surface area (Å²) in [7, 11) is 1.74. The van der Waals surface area contributed by atoms with Crippen LogP contribution in [0.1, 0.15) is 12.5 Å². The van der Waals surface area contributed by atoms with Crippen molar-refractivity contribution in [1.82, 2.24) is 0 Å². The number of quaternary nitrogens is 1. The molecule has 0 aliphatic heterocycles. The summed E-state index contributed by atoms with van der Waals surface area (Å²) in [6, 6.07) is 8.82. The van der Waals surface area contributed by atoms with Gasteiger partial charge in [-0.2, -0.15) is 0 Å². The van der Waals surface area contributed by atoms with E-state index in [1.165, 1.54) is 10.0 Å². The molecule has 1 atom stereocenters. The number of rotatable bonds is 5. The van der Waals surface area contributed by atoms with Crippen LogP contribution in [-0.2, 0) is 11.3 Å². The van der Waals surface area contributed by atoms with Crippen molar-refractivity contribution in [1.29, 1.82) is 0 Å². The van der Waals surface area contributed by atoms with Gasteiger partial charge in [-0.05, 0) is 13.0 Å². The summed E-state index contributed by atoms with van der Waals surface area (Å²) in [5.41, 5.74) is 1.33. The zero-order valence-electron chi connectivity index (χ0n) is 8.66. The molecule has 0 unspecified atom stereocenters. The standard InChI is InChI=1S/C11H16BrNO/c1-9(8-14-2)13-7-10-5-3-4-6-11(10)12/h3-6,9,13H,7-8H2,1-2H3/p+1/t9-/m0/s1. The minimum Gasteiger partial charge on any atom is -0.379 e. The van der Waals surface area contributed by atoms with E-state index in [1.807, 2.05) is 6.07 Å². The topological polar surface area (TPSA) is 25.8 Å². The molecular formula is C11H17BrNO+. The molecule has 0 spiro atoms. The largest absolute Gasteiger partial charge is 0.379 e. The Bertz CT molecular complexity index is 278. The molecule has 0 aliphatic rings. The Morgan fingerprint density at radius 1 is 1.43 bits per heavy atom. The van der Waals surface area contributed by atoms with Crippen LogP contribution in [0.3, 0.4) is 0 Å². The molecule has 0 aromatic heterocycles. The summed E-state index contributed by atoms with van der Waals surface area (Å²) in [6.07, 6.45) is 0. The Labute approximate surface area is 93.8 Å². The molecule has 1 rings (SSSR count). The van der Waals surface area contributed by atoms with Crippen LogP contribution < -0.4 is 5.32 Å². The Morgan fingerprint density at radius 2 is 2.14 bits per heavy atom. The summed E-state index contributed by atoms with van der Waals surface area (Å²) < 4.78 is 6.26. The fourth-order valence-electron chi connectivity index (χ4n) is 1.32. The molecule has 0 radical (unpaired) electrons. The van der Waals surface area contributed by atoms with Crippen molar-refractivity contribution >= 4 is 15.9 Å². The zero-order valence-corrected chi connectivity index (χ0v) is 10.3. The van der Waals surface area contributed by atoms with Crippen molar-refractivity contribution in [2.75, 3.05) is 13.7 Å². The highest BCUT2D eigenvalue weighted by Gasteiger charge is 2.05. The molecule has 3 heteroatoms. The van der Waals surface area contributed by atoms with Gasteiger partial charge in [0.15, 0.2) is 0 Å². The molecule has 1 aromatic rings.